The molecule has 1 fully saturated rings. The summed E-state index contributed by atoms with van der Waals surface area (Å²) in [5, 5.41) is 9.38. The molecule has 1 aromatic carbocycles. The molecule has 0 N–H and O–H groups in total. The standard InChI is InChI=1S/C22H18ClF2N5/c23-18-11-27-8-6-16(18)22-21(17-4-3-15(24)10-19(17)25)28-12-20(29-22)30-9-1-2-14(13-30)5-7-26/h3-4,6,8,10-12,14H,1-2,5,9,13H2. The minimum atomic E-state index is -0.726. The van der Waals surface area contributed by atoms with Gasteiger partial charge in [0, 0.05) is 49.1 Å². The molecular formula is C22H18ClF2N5. The molecule has 5 nitrogen and oxygen atoms in total. The highest BCUT2D eigenvalue weighted by atomic mass is 35.5. The summed E-state index contributed by atoms with van der Waals surface area (Å²) in [4.78, 5) is 15.3. The van der Waals surface area contributed by atoms with Gasteiger partial charge in [-0.25, -0.2) is 18.7 Å². The summed E-state index contributed by atoms with van der Waals surface area (Å²) in [6.07, 6.45) is 7.09. The molecule has 1 aliphatic heterocycles. The summed E-state index contributed by atoms with van der Waals surface area (Å²) in [6.45, 7) is 1.50. The summed E-state index contributed by atoms with van der Waals surface area (Å²) >= 11 is 6.35. The molecule has 8 heteroatoms. The zero-order valence-electron chi connectivity index (χ0n) is 16.0. The van der Waals surface area contributed by atoms with Crippen molar-refractivity contribution in [3.05, 3.63) is 59.5 Å². The zero-order valence-corrected chi connectivity index (χ0v) is 16.8. The summed E-state index contributed by atoms with van der Waals surface area (Å²) < 4.78 is 28.0. The Morgan fingerprint density at radius 3 is 2.80 bits per heavy atom. The Kier molecular flexibility index (Phi) is 5.86. The van der Waals surface area contributed by atoms with E-state index >= 15 is 0 Å². The van der Waals surface area contributed by atoms with Crippen LogP contribution in [0.3, 0.4) is 0 Å². The van der Waals surface area contributed by atoms with E-state index in [9.17, 15) is 8.78 Å². The smallest absolute Gasteiger partial charge is 0.147 e. The lowest BCUT2D eigenvalue weighted by Crippen LogP contribution is -2.36. The number of nitrogens with zero attached hydrogens (tertiary/aromatic N) is 5. The Labute approximate surface area is 178 Å². The van der Waals surface area contributed by atoms with Gasteiger partial charge in [-0.05, 0) is 37.0 Å². The van der Waals surface area contributed by atoms with E-state index in [-0.39, 0.29) is 17.2 Å². The molecule has 0 saturated carbocycles. The van der Waals surface area contributed by atoms with E-state index in [1.807, 2.05) is 0 Å². The van der Waals surface area contributed by atoms with Crippen molar-refractivity contribution in [3.8, 4) is 28.6 Å². The van der Waals surface area contributed by atoms with Crippen molar-refractivity contribution in [2.45, 2.75) is 19.3 Å². The van der Waals surface area contributed by atoms with E-state index in [4.69, 9.17) is 21.8 Å². The summed E-state index contributed by atoms with van der Waals surface area (Å²) in [5.41, 5.74) is 1.37. The Balaban J connectivity index is 1.82. The Morgan fingerprint density at radius 1 is 1.17 bits per heavy atom. The number of hydrogen-bond acceptors (Lipinski definition) is 5. The van der Waals surface area contributed by atoms with Crippen molar-refractivity contribution in [2.24, 2.45) is 5.92 Å². The topological polar surface area (TPSA) is 65.7 Å². The molecule has 2 aromatic heterocycles. The minimum Gasteiger partial charge on any atom is -0.355 e. The van der Waals surface area contributed by atoms with Gasteiger partial charge in [0.1, 0.15) is 23.1 Å². The van der Waals surface area contributed by atoms with Crippen molar-refractivity contribution < 1.29 is 8.78 Å². The van der Waals surface area contributed by atoms with Crippen LogP contribution in [-0.2, 0) is 0 Å². The van der Waals surface area contributed by atoms with Gasteiger partial charge in [0.15, 0.2) is 0 Å². The van der Waals surface area contributed by atoms with Crippen molar-refractivity contribution in [2.75, 3.05) is 18.0 Å². The van der Waals surface area contributed by atoms with Gasteiger partial charge in [-0.1, -0.05) is 11.6 Å². The molecule has 1 atom stereocenters. The first-order chi connectivity index (χ1) is 14.6. The number of benzene rings is 1. The van der Waals surface area contributed by atoms with E-state index in [0.717, 1.165) is 25.5 Å². The first kappa shape index (κ1) is 20.2. The van der Waals surface area contributed by atoms with E-state index in [2.05, 4.69) is 20.9 Å². The number of piperidine rings is 1. The molecule has 0 spiro atoms. The third-order valence-corrected chi connectivity index (χ3v) is 5.50. The average Bonchev–Trinajstić information content (AvgIpc) is 2.74. The molecule has 1 aliphatic rings. The quantitative estimate of drug-likeness (QED) is 0.569. The number of halogens is 3. The maximum atomic E-state index is 14.5. The number of rotatable bonds is 4. The van der Waals surface area contributed by atoms with Gasteiger partial charge in [0.2, 0.25) is 0 Å². The zero-order chi connectivity index (χ0) is 21.1. The van der Waals surface area contributed by atoms with Crippen molar-refractivity contribution in [3.63, 3.8) is 0 Å². The lowest BCUT2D eigenvalue weighted by Gasteiger charge is -2.32. The second kappa shape index (κ2) is 8.72. The van der Waals surface area contributed by atoms with Crippen LogP contribution in [0.15, 0.2) is 42.9 Å². The van der Waals surface area contributed by atoms with E-state index < -0.39 is 11.6 Å². The van der Waals surface area contributed by atoms with Crippen LogP contribution in [-0.4, -0.2) is 28.0 Å². The second-order valence-electron chi connectivity index (χ2n) is 7.22. The van der Waals surface area contributed by atoms with Gasteiger partial charge in [0.05, 0.1) is 23.0 Å². The number of aromatic nitrogens is 3. The van der Waals surface area contributed by atoms with Gasteiger partial charge < -0.3 is 4.90 Å². The van der Waals surface area contributed by atoms with Crippen molar-refractivity contribution >= 4 is 17.4 Å². The van der Waals surface area contributed by atoms with Crippen LogP contribution in [0, 0.1) is 28.9 Å². The Bertz CT molecular complexity index is 1110. The molecule has 1 saturated heterocycles. The number of pyridine rings is 1. The maximum Gasteiger partial charge on any atom is 0.147 e. The fourth-order valence-corrected chi connectivity index (χ4v) is 3.94. The Morgan fingerprint density at radius 2 is 2.03 bits per heavy atom. The average molecular weight is 426 g/mol. The molecule has 0 aliphatic carbocycles. The number of anilines is 1. The molecular weight excluding hydrogens is 408 g/mol. The molecule has 4 rings (SSSR count). The highest BCUT2D eigenvalue weighted by Gasteiger charge is 2.24. The molecule has 0 bridgehead atoms. The molecule has 0 radical (unpaired) electrons. The first-order valence-corrected chi connectivity index (χ1v) is 9.99. The Hall–Kier alpha value is -3.11. The fraction of sp³-hybridized carbons (Fsp3) is 0.273. The van der Waals surface area contributed by atoms with Crippen LogP contribution in [0.1, 0.15) is 19.3 Å². The number of hydrogen-bond donors (Lipinski definition) is 0. The fourth-order valence-electron chi connectivity index (χ4n) is 3.73. The molecule has 3 aromatic rings. The normalized spacial score (nSPS) is 16.3. The molecule has 3 heterocycles. The molecule has 152 valence electrons. The lowest BCUT2D eigenvalue weighted by atomic mass is 9.95. The van der Waals surface area contributed by atoms with Crippen LogP contribution in [0.4, 0.5) is 14.6 Å². The van der Waals surface area contributed by atoms with E-state index in [0.29, 0.717) is 35.1 Å². The van der Waals surface area contributed by atoms with Crippen LogP contribution in [0.2, 0.25) is 5.02 Å². The number of nitriles is 1. The lowest BCUT2D eigenvalue weighted by molar-refractivity contribution is 0.420. The third-order valence-electron chi connectivity index (χ3n) is 5.20. The van der Waals surface area contributed by atoms with Gasteiger partial charge in [-0.3, -0.25) is 4.98 Å². The van der Waals surface area contributed by atoms with Crippen molar-refractivity contribution in [1.29, 1.82) is 5.26 Å². The maximum absolute atomic E-state index is 14.5. The first-order valence-electron chi connectivity index (χ1n) is 9.61. The van der Waals surface area contributed by atoms with Crippen LogP contribution < -0.4 is 4.90 Å². The highest BCUT2D eigenvalue weighted by molar-refractivity contribution is 6.33. The van der Waals surface area contributed by atoms with E-state index in [1.165, 1.54) is 18.3 Å². The minimum absolute atomic E-state index is 0.138. The monoisotopic (exact) mass is 425 g/mol. The molecule has 0 amide bonds. The van der Waals surface area contributed by atoms with Gasteiger partial charge in [-0.2, -0.15) is 5.26 Å². The third kappa shape index (κ3) is 4.10. The van der Waals surface area contributed by atoms with Crippen molar-refractivity contribution in [1.82, 2.24) is 15.0 Å². The second-order valence-corrected chi connectivity index (χ2v) is 7.63. The predicted molar refractivity (Wildman–Crippen MR) is 111 cm³/mol. The SMILES string of the molecule is N#CCC1CCCN(c2cnc(-c3ccc(F)cc3F)c(-c3ccncc3Cl)n2)C1. The van der Waals surface area contributed by atoms with Crippen LogP contribution in [0.5, 0.6) is 0 Å². The predicted octanol–water partition coefficient (Wildman–Crippen LogP) is 5.27. The van der Waals surface area contributed by atoms with Gasteiger partial charge in [0.25, 0.3) is 0 Å². The summed E-state index contributed by atoms with van der Waals surface area (Å²) in [5.74, 6) is -0.490. The molecule has 30 heavy (non-hydrogen) atoms. The van der Waals surface area contributed by atoms with Gasteiger partial charge in [-0.15, -0.1) is 0 Å². The molecule has 1 unspecified atom stereocenters. The van der Waals surface area contributed by atoms with Crippen LogP contribution >= 0.6 is 11.6 Å². The largest absolute Gasteiger partial charge is 0.355 e. The van der Waals surface area contributed by atoms with E-state index in [1.54, 1.807) is 18.5 Å². The van der Waals surface area contributed by atoms with Crippen LogP contribution in [0.25, 0.3) is 22.5 Å². The summed E-state index contributed by atoms with van der Waals surface area (Å²) in [7, 11) is 0. The highest BCUT2D eigenvalue weighted by Crippen LogP contribution is 2.36. The van der Waals surface area contributed by atoms with Gasteiger partial charge >= 0.3 is 0 Å². The summed E-state index contributed by atoms with van der Waals surface area (Å²) in [6, 6.07) is 7.27.